The van der Waals surface area contributed by atoms with Gasteiger partial charge in [-0.05, 0) is 46.2 Å². The lowest BCUT2D eigenvalue weighted by Gasteiger charge is -2.22. The summed E-state index contributed by atoms with van der Waals surface area (Å²) in [4.78, 5) is 27.8. The minimum atomic E-state index is -0.332. The molecular formula is C30H25FN6O2S3. The smallest absolute Gasteiger partial charge is 0.261 e. The van der Waals surface area contributed by atoms with Gasteiger partial charge in [0.25, 0.3) is 11.8 Å². The maximum atomic E-state index is 13.7. The highest BCUT2D eigenvalue weighted by Gasteiger charge is 2.33. The summed E-state index contributed by atoms with van der Waals surface area (Å²) in [5, 5.41) is 22.3. The molecule has 0 bridgehead atoms. The van der Waals surface area contributed by atoms with Crippen molar-refractivity contribution in [1.29, 1.82) is 0 Å². The topological polar surface area (TPSA) is 92.5 Å². The third kappa shape index (κ3) is 6.35. The Balaban J connectivity index is 1.21. The molecule has 5 aromatic rings. The normalized spacial score (nSPS) is 14.6. The van der Waals surface area contributed by atoms with Crippen LogP contribution in [-0.4, -0.2) is 43.1 Å². The van der Waals surface area contributed by atoms with E-state index in [1.54, 1.807) is 29.5 Å². The van der Waals surface area contributed by atoms with Crippen molar-refractivity contribution in [2.24, 2.45) is 5.10 Å². The molecule has 0 aliphatic carbocycles. The number of thiophene rings is 2. The zero-order valence-corrected chi connectivity index (χ0v) is 24.7. The molecule has 1 atom stereocenters. The standard InChI is InChI=1S/C30H25FN6O2S3/c31-22-12-10-21(11-13-22)24-16-23(25-8-4-14-40-25)35-37(24)28(38)19-42-30-34-33-27(17-32-29(39)26-9-5-15-41-26)36(30)18-20-6-2-1-3-7-20/h1-15,24H,16-19H2,(H,32,39)/t24-/m1/s1. The average Bonchev–Trinajstić information content (AvgIpc) is 3.83. The van der Waals surface area contributed by atoms with Crippen molar-refractivity contribution in [3.8, 4) is 0 Å². The second kappa shape index (κ2) is 12.8. The van der Waals surface area contributed by atoms with Gasteiger partial charge in [-0.2, -0.15) is 5.10 Å². The van der Waals surface area contributed by atoms with E-state index in [0.717, 1.165) is 21.7 Å². The van der Waals surface area contributed by atoms with Crippen LogP contribution in [0.25, 0.3) is 0 Å². The molecule has 0 fully saturated rings. The number of hydrazone groups is 1. The fourth-order valence-corrected chi connectivity index (χ4v) is 6.77. The number of hydrogen-bond acceptors (Lipinski definition) is 8. The molecule has 2 amide bonds. The minimum absolute atomic E-state index is 0.0768. The molecule has 12 heteroatoms. The summed E-state index contributed by atoms with van der Waals surface area (Å²) in [6, 6.07) is 23.3. The van der Waals surface area contributed by atoms with E-state index in [2.05, 4.69) is 15.5 Å². The second-order valence-corrected chi connectivity index (χ2v) is 12.3. The van der Waals surface area contributed by atoms with Crippen molar-refractivity contribution in [3.63, 3.8) is 0 Å². The summed E-state index contributed by atoms with van der Waals surface area (Å²) in [5.74, 6) is -0.0358. The van der Waals surface area contributed by atoms with Gasteiger partial charge < -0.3 is 9.88 Å². The molecule has 1 aliphatic rings. The summed E-state index contributed by atoms with van der Waals surface area (Å²) < 4.78 is 15.6. The Morgan fingerprint density at radius 2 is 1.74 bits per heavy atom. The van der Waals surface area contributed by atoms with Gasteiger partial charge in [0.05, 0.1) is 40.4 Å². The number of thioether (sulfide) groups is 1. The number of carbonyl (C=O) groups excluding carboxylic acids is 2. The zero-order chi connectivity index (χ0) is 28.9. The van der Waals surface area contributed by atoms with Gasteiger partial charge in [-0.3, -0.25) is 9.59 Å². The van der Waals surface area contributed by atoms with Gasteiger partial charge in [0.2, 0.25) is 0 Å². The van der Waals surface area contributed by atoms with E-state index in [1.807, 2.05) is 63.9 Å². The Morgan fingerprint density at radius 1 is 0.952 bits per heavy atom. The molecule has 4 heterocycles. The lowest BCUT2D eigenvalue weighted by molar-refractivity contribution is -0.130. The molecular weight excluding hydrogens is 592 g/mol. The largest absolute Gasteiger partial charge is 0.344 e. The Kier molecular flexibility index (Phi) is 8.54. The van der Waals surface area contributed by atoms with E-state index in [4.69, 9.17) is 5.10 Å². The maximum Gasteiger partial charge on any atom is 0.261 e. The monoisotopic (exact) mass is 616 g/mol. The highest BCUT2D eigenvalue weighted by molar-refractivity contribution is 7.99. The summed E-state index contributed by atoms with van der Waals surface area (Å²) in [7, 11) is 0. The molecule has 212 valence electrons. The van der Waals surface area contributed by atoms with Crippen LogP contribution in [0.3, 0.4) is 0 Å². The van der Waals surface area contributed by atoms with Crippen LogP contribution in [0.4, 0.5) is 4.39 Å². The Bertz CT molecular complexity index is 1690. The van der Waals surface area contributed by atoms with Crippen LogP contribution in [0, 0.1) is 5.82 Å². The molecule has 3 aromatic heterocycles. The van der Waals surface area contributed by atoms with Crippen molar-refractivity contribution in [1.82, 2.24) is 25.1 Å². The molecule has 0 spiro atoms. The number of nitrogens with zero attached hydrogens (tertiary/aromatic N) is 5. The van der Waals surface area contributed by atoms with Crippen LogP contribution >= 0.6 is 34.4 Å². The first-order valence-corrected chi connectivity index (χ1v) is 15.9. The second-order valence-electron chi connectivity index (χ2n) is 9.45. The van der Waals surface area contributed by atoms with E-state index < -0.39 is 0 Å². The van der Waals surface area contributed by atoms with E-state index in [0.29, 0.717) is 28.8 Å². The van der Waals surface area contributed by atoms with Gasteiger partial charge in [0.1, 0.15) is 5.82 Å². The quantitative estimate of drug-likeness (QED) is 0.195. The number of hydrogen-bond donors (Lipinski definition) is 1. The lowest BCUT2D eigenvalue weighted by atomic mass is 10.0. The minimum Gasteiger partial charge on any atom is -0.344 e. The molecule has 0 radical (unpaired) electrons. The van der Waals surface area contributed by atoms with Crippen LogP contribution < -0.4 is 5.32 Å². The first-order chi connectivity index (χ1) is 20.5. The van der Waals surface area contributed by atoms with Crippen molar-refractivity contribution in [3.05, 3.63) is 122 Å². The Hall–Kier alpha value is -4.13. The van der Waals surface area contributed by atoms with Crippen LogP contribution in [0.15, 0.2) is 99.9 Å². The average molecular weight is 617 g/mol. The van der Waals surface area contributed by atoms with Crippen molar-refractivity contribution in [2.45, 2.75) is 30.7 Å². The maximum absolute atomic E-state index is 13.7. The SMILES string of the molecule is O=C(NCc1nnc(SCC(=O)N2N=C(c3cccs3)C[C@@H]2c2ccc(F)cc2)n1Cc1ccccc1)c1cccs1. The summed E-state index contributed by atoms with van der Waals surface area (Å²) in [6.07, 6.45) is 0.542. The number of halogens is 1. The lowest BCUT2D eigenvalue weighted by Crippen LogP contribution is -2.28. The van der Waals surface area contributed by atoms with Crippen molar-refractivity contribution < 1.29 is 14.0 Å². The number of benzene rings is 2. The Labute approximate surface area is 253 Å². The van der Waals surface area contributed by atoms with Gasteiger partial charge in [0.15, 0.2) is 11.0 Å². The highest BCUT2D eigenvalue weighted by atomic mass is 32.2. The molecule has 8 nitrogen and oxygen atoms in total. The summed E-state index contributed by atoms with van der Waals surface area (Å²) in [6.45, 7) is 0.676. The van der Waals surface area contributed by atoms with Crippen molar-refractivity contribution >= 4 is 52.0 Å². The first-order valence-electron chi connectivity index (χ1n) is 13.1. The van der Waals surface area contributed by atoms with E-state index in [1.165, 1.54) is 40.2 Å². The molecule has 0 saturated carbocycles. The number of aromatic nitrogens is 3. The fourth-order valence-electron chi connectivity index (χ4n) is 4.60. The van der Waals surface area contributed by atoms with E-state index in [-0.39, 0.29) is 36.0 Å². The predicted octanol–water partition coefficient (Wildman–Crippen LogP) is 5.99. The number of nitrogens with one attached hydrogen (secondary N) is 1. The molecule has 42 heavy (non-hydrogen) atoms. The fraction of sp³-hybridized carbons (Fsp3) is 0.167. The highest BCUT2D eigenvalue weighted by Crippen LogP contribution is 2.35. The van der Waals surface area contributed by atoms with Crippen molar-refractivity contribution in [2.75, 3.05) is 5.75 Å². The van der Waals surface area contributed by atoms with Crippen LogP contribution in [0.5, 0.6) is 0 Å². The van der Waals surface area contributed by atoms with Crippen LogP contribution in [0.1, 0.15) is 44.0 Å². The molecule has 1 aliphatic heterocycles. The van der Waals surface area contributed by atoms with Crippen LogP contribution in [-0.2, 0) is 17.9 Å². The molecule has 6 rings (SSSR count). The van der Waals surface area contributed by atoms with Gasteiger partial charge in [-0.1, -0.05) is 66.4 Å². The third-order valence-electron chi connectivity index (χ3n) is 6.68. The Morgan fingerprint density at radius 3 is 2.48 bits per heavy atom. The van der Waals surface area contributed by atoms with Gasteiger partial charge >= 0.3 is 0 Å². The van der Waals surface area contributed by atoms with E-state index in [9.17, 15) is 14.0 Å². The zero-order valence-electron chi connectivity index (χ0n) is 22.2. The number of amides is 2. The molecule has 2 aromatic carbocycles. The first kappa shape index (κ1) is 28.0. The number of rotatable bonds is 10. The molecule has 0 unspecified atom stereocenters. The molecule has 1 N–H and O–H groups in total. The number of carbonyl (C=O) groups is 2. The van der Waals surface area contributed by atoms with E-state index >= 15 is 0 Å². The summed E-state index contributed by atoms with van der Waals surface area (Å²) in [5.41, 5.74) is 2.69. The van der Waals surface area contributed by atoms with Crippen LogP contribution in [0.2, 0.25) is 0 Å². The summed E-state index contributed by atoms with van der Waals surface area (Å²) >= 11 is 4.21. The van der Waals surface area contributed by atoms with Gasteiger partial charge in [-0.15, -0.1) is 32.9 Å². The van der Waals surface area contributed by atoms with Gasteiger partial charge in [-0.25, -0.2) is 9.40 Å². The van der Waals surface area contributed by atoms with Gasteiger partial charge in [0, 0.05) is 6.42 Å². The molecule has 0 saturated heterocycles. The predicted molar refractivity (Wildman–Crippen MR) is 163 cm³/mol. The third-order valence-corrected chi connectivity index (χ3v) is 9.42.